The first-order chi connectivity index (χ1) is 11.7. The standard InChI is InChI=1S/C21H27F2N/c1-2-15-5-9-18(10-6-15)19-11-7-16(8-12-19)3-4-17-13-20(22)21(23)24-14-17/h13-16,18-19H,2,5-12H2,1H3/t15-,16?,18-,19?. The van der Waals surface area contributed by atoms with Gasteiger partial charge in [-0.05, 0) is 62.3 Å². The predicted molar refractivity (Wildman–Crippen MR) is 92.2 cm³/mol. The van der Waals surface area contributed by atoms with E-state index < -0.39 is 11.8 Å². The Hall–Kier alpha value is -1.43. The van der Waals surface area contributed by atoms with Gasteiger partial charge in [0.2, 0.25) is 5.95 Å². The molecular weight excluding hydrogens is 304 g/mol. The molecule has 0 unspecified atom stereocenters. The molecule has 1 aromatic heterocycles. The minimum atomic E-state index is -1.06. The summed E-state index contributed by atoms with van der Waals surface area (Å²) in [6.07, 6.45) is 13.2. The van der Waals surface area contributed by atoms with Gasteiger partial charge in [-0.15, -0.1) is 0 Å². The average Bonchev–Trinajstić information content (AvgIpc) is 2.63. The van der Waals surface area contributed by atoms with E-state index >= 15 is 0 Å². The first-order valence-electron chi connectivity index (χ1n) is 9.48. The lowest BCUT2D eigenvalue weighted by atomic mass is 9.69. The van der Waals surface area contributed by atoms with Gasteiger partial charge < -0.3 is 0 Å². The Labute approximate surface area is 144 Å². The van der Waals surface area contributed by atoms with Crippen molar-refractivity contribution < 1.29 is 8.78 Å². The predicted octanol–water partition coefficient (Wildman–Crippen LogP) is 5.73. The topological polar surface area (TPSA) is 12.9 Å². The molecule has 2 aliphatic carbocycles. The van der Waals surface area contributed by atoms with Crippen molar-refractivity contribution in [2.45, 2.75) is 64.7 Å². The molecule has 2 fully saturated rings. The van der Waals surface area contributed by atoms with Gasteiger partial charge in [-0.3, -0.25) is 0 Å². The van der Waals surface area contributed by atoms with E-state index in [2.05, 4.69) is 23.7 Å². The summed E-state index contributed by atoms with van der Waals surface area (Å²) in [7, 11) is 0. The van der Waals surface area contributed by atoms with Crippen molar-refractivity contribution in [3.05, 3.63) is 29.6 Å². The van der Waals surface area contributed by atoms with Gasteiger partial charge in [0, 0.05) is 17.7 Å². The molecule has 1 aromatic rings. The third-order valence-electron chi connectivity index (χ3n) is 6.12. The van der Waals surface area contributed by atoms with Crippen LogP contribution in [0.4, 0.5) is 8.78 Å². The summed E-state index contributed by atoms with van der Waals surface area (Å²) in [6, 6.07) is 1.13. The van der Waals surface area contributed by atoms with E-state index in [4.69, 9.17) is 0 Å². The molecule has 0 bridgehead atoms. The van der Waals surface area contributed by atoms with Crippen LogP contribution in [0.1, 0.15) is 70.3 Å². The van der Waals surface area contributed by atoms with E-state index in [1.54, 1.807) is 0 Å². The van der Waals surface area contributed by atoms with Gasteiger partial charge in [0.15, 0.2) is 5.82 Å². The molecule has 0 aliphatic heterocycles. The van der Waals surface area contributed by atoms with Gasteiger partial charge >= 0.3 is 0 Å². The van der Waals surface area contributed by atoms with Crippen molar-refractivity contribution in [2.24, 2.45) is 23.7 Å². The first kappa shape index (κ1) is 17.4. The molecule has 1 heterocycles. The number of hydrogen-bond donors (Lipinski definition) is 0. The van der Waals surface area contributed by atoms with E-state index in [0.717, 1.165) is 36.7 Å². The fourth-order valence-corrected chi connectivity index (χ4v) is 4.48. The maximum atomic E-state index is 13.1. The second kappa shape index (κ2) is 8.10. The Balaban J connectivity index is 1.49. The Kier molecular flexibility index (Phi) is 5.87. The van der Waals surface area contributed by atoms with Crippen molar-refractivity contribution in [3.63, 3.8) is 0 Å². The molecule has 0 amide bonds. The number of pyridine rings is 1. The second-order valence-corrected chi connectivity index (χ2v) is 7.57. The maximum absolute atomic E-state index is 13.1. The first-order valence-corrected chi connectivity index (χ1v) is 9.48. The molecule has 3 rings (SSSR count). The number of rotatable bonds is 2. The summed E-state index contributed by atoms with van der Waals surface area (Å²) < 4.78 is 26.0. The molecule has 24 heavy (non-hydrogen) atoms. The zero-order valence-electron chi connectivity index (χ0n) is 14.5. The smallest absolute Gasteiger partial charge is 0.224 e. The van der Waals surface area contributed by atoms with Crippen molar-refractivity contribution in [3.8, 4) is 11.8 Å². The summed E-state index contributed by atoms with van der Waals surface area (Å²) in [5.74, 6) is 7.40. The fourth-order valence-electron chi connectivity index (χ4n) is 4.48. The van der Waals surface area contributed by atoms with Crippen LogP contribution in [0.2, 0.25) is 0 Å². The second-order valence-electron chi connectivity index (χ2n) is 7.57. The van der Waals surface area contributed by atoms with Crippen LogP contribution in [0.3, 0.4) is 0 Å². The number of nitrogens with zero attached hydrogens (tertiary/aromatic N) is 1. The van der Waals surface area contributed by atoms with E-state index in [0.29, 0.717) is 11.5 Å². The van der Waals surface area contributed by atoms with Crippen molar-refractivity contribution >= 4 is 0 Å². The molecular formula is C21H27F2N. The largest absolute Gasteiger partial charge is 0.248 e. The highest BCUT2D eigenvalue weighted by molar-refractivity contribution is 5.32. The third-order valence-corrected chi connectivity index (χ3v) is 6.12. The minimum Gasteiger partial charge on any atom is -0.224 e. The summed E-state index contributed by atoms with van der Waals surface area (Å²) >= 11 is 0. The summed E-state index contributed by atoms with van der Waals surface area (Å²) in [4.78, 5) is 3.38. The van der Waals surface area contributed by atoms with Crippen molar-refractivity contribution in [1.29, 1.82) is 0 Å². The number of aromatic nitrogens is 1. The normalized spacial score (nSPS) is 30.5. The van der Waals surface area contributed by atoms with Crippen LogP contribution in [-0.4, -0.2) is 4.98 Å². The van der Waals surface area contributed by atoms with E-state index in [1.165, 1.54) is 51.1 Å². The van der Waals surface area contributed by atoms with Crippen LogP contribution >= 0.6 is 0 Å². The SMILES string of the molecule is CC[C@H]1CC[C@H](C2CCC(C#Cc3cnc(F)c(F)c3)CC2)CC1. The molecule has 0 saturated heterocycles. The number of hydrogen-bond acceptors (Lipinski definition) is 1. The minimum absolute atomic E-state index is 0.390. The highest BCUT2D eigenvalue weighted by atomic mass is 19.2. The number of halogens is 2. The monoisotopic (exact) mass is 331 g/mol. The maximum Gasteiger partial charge on any atom is 0.248 e. The van der Waals surface area contributed by atoms with E-state index in [9.17, 15) is 8.78 Å². The zero-order valence-corrected chi connectivity index (χ0v) is 14.5. The molecule has 130 valence electrons. The van der Waals surface area contributed by atoms with Crippen molar-refractivity contribution in [1.82, 2.24) is 4.98 Å². The van der Waals surface area contributed by atoms with Crippen LogP contribution < -0.4 is 0 Å². The van der Waals surface area contributed by atoms with Crippen LogP contribution in [-0.2, 0) is 0 Å². The lowest BCUT2D eigenvalue weighted by Gasteiger charge is -2.36. The highest BCUT2D eigenvalue weighted by Crippen LogP contribution is 2.41. The van der Waals surface area contributed by atoms with Crippen LogP contribution in [0.15, 0.2) is 12.3 Å². The summed E-state index contributed by atoms with van der Waals surface area (Å²) in [5.41, 5.74) is 0.467. The molecule has 0 atom stereocenters. The molecule has 2 saturated carbocycles. The fraction of sp³-hybridized carbons (Fsp3) is 0.667. The van der Waals surface area contributed by atoms with Crippen LogP contribution in [0.25, 0.3) is 0 Å². The Morgan fingerprint density at radius 2 is 1.62 bits per heavy atom. The van der Waals surface area contributed by atoms with Gasteiger partial charge in [-0.25, -0.2) is 9.37 Å². The lowest BCUT2D eigenvalue weighted by molar-refractivity contribution is 0.156. The van der Waals surface area contributed by atoms with Gasteiger partial charge in [-0.1, -0.05) is 38.0 Å². The molecule has 3 heteroatoms. The quantitative estimate of drug-likeness (QED) is 0.498. The molecule has 0 N–H and O–H groups in total. The van der Waals surface area contributed by atoms with Gasteiger partial charge in [0.05, 0.1) is 0 Å². The molecule has 0 spiro atoms. The molecule has 1 nitrogen and oxygen atoms in total. The molecule has 0 radical (unpaired) electrons. The summed E-state index contributed by atoms with van der Waals surface area (Å²) in [5, 5.41) is 0. The molecule has 2 aliphatic rings. The zero-order chi connectivity index (χ0) is 16.9. The van der Waals surface area contributed by atoms with Crippen LogP contribution in [0.5, 0.6) is 0 Å². The van der Waals surface area contributed by atoms with Gasteiger partial charge in [0.25, 0.3) is 0 Å². The lowest BCUT2D eigenvalue weighted by Crippen LogP contribution is -2.25. The van der Waals surface area contributed by atoms with Crippen molar-refractivity contribution in [2.75, 3.05) is 0 Å². The molecule has 0 aromatic carbocycles. The van der Waals surface area contributed by atoms with Gasteiger partial charge in [0.1, 0.15) is 0 Å². The Morgan fingerprint density at radius 1 is 1.00 bits per heavy atom. The van der Waals surface area contributed by atoms with E-state index in [1.807, 2.05) is 0 Å². The third kappa shape index (κ3) is 4.35. The Bertz CT molecular complexity index is 600. The highest BCUT2D eigenvalue weighted by Gasteiger charge is 2.29. The average molecular weight is 331 g/mol. The van der Waals surface area contributed by atoms with E-state index in [-0.39, 0.29) is 0 Å². The summed E-state index contributed by atoms with van der Waals surface area (Å²) in [6.45, 7) is 2.32. The Morgan fingerprint density at radius 3 is 2.21 bits per heavy atom. The van der Waals surface area contributed by atoms with Gasteiger partial charge in [-0.2, -0.15) is 4.39 Å². The van der Waals surface area contributed by atoms with Crippen LogP contribution in [0, 0.1) is 47.3 Å².